The molecule has 0 aromatic carbocycles. The van der Waals surface area contributed by atoms with E-state index < -0.39 is 35.2 Å². The van der Waals surface area contributed by atoms with Crippen LogP contribution < -0.4 is 0 Å². The maximum atomic E-state index is 11.9. The van der Waals surface area contributed by atoms with Gasteiger partial charge in [-0.3, -0.25) is 0 Å². The van der Waals surface area contributed by atoms with E-state index in [0.717, 1.165) is 0 Å². The Kier molecular flexibility index (Phi) is 4.14. The molecule has 1 fully saturated rings. The second-order valence-electron chi connectivity index (χ2n) is 6.24. The van der Waals surface area contributed by atoms with Crippen LogP contribution in [0.2, 0.25) is 0 Å². The van der Waals surface area contributed by atoms with Crippen molar-refractivity contribution in [2.75, 3.05) is 7.05 Å². The zero-order valence-corrected chi connectivity index (χ0v) is 12.1. The molecule has 2 atom stereocenters. The molecule has 1 aliphatic carbocycles. The molecular weight excluding hydrogens is 250 g/mol. The van der Waals surface area contributed by atoms with Crippen LogP contribution in [-0.2, 0) is 9.53 Å². The summed E-state index contributed by atoms with van der Waals surface area (Å²) in [6.45, 7) is 7.04. The number of hydrogen-bond acceptors (Lipinski definition) is 4. The van der Waals surface area contributed by atoms with E-state index in [4.69, 9.17) is 9.84 Å². The van der Waals surface area contributed by atoms with Crippen LogP contribution in [0.5, 0.6) is 0 Å². The Morgan fingerprint density at radius 1 is 1.32 bits per heavy atom. The van der Waals surface area contributed by atoms with E-state index in [1.165, 1.54) is 4.90 Å². The van der Waals surface area contributed by atoms with Crippen molar-refractivity contribution in [2.24, 2.45) is 5.41 Å². The Balaban J connectivity index is 2.75. The van der Waals surface area contributed by atoms with Crippen molar-refractivity contribution >= 4 is 12.1 Å². The average Bonchev–Trinajstić information content (AvgIpc) is 3.04. The largest absolute Gasteiger partial charge is 0.479 e. The van der Waals surface area contributed by atoms with Gasteiger partial charge in [-0.25, -0.2) is 9.59 Å². The van der Waals surface area contributed by atoms with Gasteiger partial charge in [0, 0.05) is 18.5 Å². The quantitative estimate of drug-likeness (QED) is 0.810. The first-order valence-corrected chi connectivity index (χ1v) is 6.38. The molecule has 19 heavy (non-hydrogen) atoms. The van der Waals surface area contributed by atoms with Crippen molar-refractivity contribution in [3.05, 3.63) is 0 Å². The van der Waals surface area contributed by atoms with Crippen LogP contribution in [0.1, 0.15) is 40.5 Å². The molecule has 1 rings (SSSR count). The van der Waals surface area contributed by atoms with Crippen LogP contribution in [0, 0.1) is 5.41 Å². The third-order valence-corrected chi connectivity index (χ3v) is 3.70. The fraction of sp³-hybridized carbons (Fsp3) is 0.846. The van der Waals surface area contributed by atoms with Crippen LogP contribution in [-0.4, -0.2) is 52.0 Å². The van der Waals surface area contributed by atoms with Gasteiger partial charge in [0.25, 0.3) is 0 Å². The number of aliphatic carboxylic acids is 1. The summed E-state index contributed by atoms with van der Waals surface area (Å²) < 4.78 is 5.24. The Bertz CT molecular complexity index is 370. The molecule has 1 aliphatic rings. The van der Waals surface area contributed by atoms with Crippen LogP contribution in [0.25, 0.3) is 0 Å². The van der Waals surface area contributed by atoms with E-state index in [1.54, 1.807) is 34.7 Å². The summed E-state index contributed by atoms with van der Waals surface area (Å²) in [6, 6.07) is -0.395. The summed E-state index contributed by atoms with van der Waals surface area (Å²) in [5.74, 6) is -1.25. The van der Waals surface area contributed by atoms with Crippen molar-refractivity contribution in [1.29, 1.82) is 0 Å². The molecule has 2 unspecified atom stereocenters. The van der Waals surface area contributed by atoms with Gasteiger partial charge in [-0.1, -0.05) is 0 Å². The molecular formula is C13H23NO5. The number of aliphatic hydroxyl groups excluding tert-OH is 1. The minimum Gasteiger partial charge on any atom is -0.479 e. The zero-order valence-electron chi connectivity index (χ0n) is 12.1. The summed E-state index contributed by atoms with van der Waals surface area (Å²) in [4.78, 5) is 24.2. The highest BCUT2D eigenvalue weighted by Crippen LogP contribution is 2.53. The fourth-order valence-electron chi connectivity index (χ4n) is 2.19. The number of carbonyl (C=O) groups excluding carboxylic acids is 1. The zero-order chi connectivity index (χ0) is 15.0. The summed E-state index contributed by atoms with van der Waals surface area (Å²) >= 11 is 0. The SMILES string of the molecule is CC(N(C)C(=O)OC(C)(C)C)C1(C(O)C(=O)O)CC1. The average molecular weight is 273 g/mol. The summed E-state index contributed by atoms with van der Waals surface area (Å²) in [7, 11) is 1.56. The Hall–Kier alpha value is -1.30. The molecule has 6 heteroatoms. The highest BCUT2D eigenvalue weighted by Gasteiger charge is 2.57. The van der Waals surface area contributed by atoms with E-state index >= 15 is 0 Å². The molecule has 0 heterocycles. The first kappa shape index (κ1) is 15.8. The minimum absolute atomic E-state index is 0.395. The van der Waals surface area contributed by atoms with Crippen molar-refractivity contribution in [2.45, 2.75) is 58.3 Å². The van der Waals surface area contributed by atoms with Crippen molar-refractivity contribution in [1.82, 2.24) is 4.90 Å². The second kappa shape index (κ2) is 5.00. The van der Waals surface area contributed by atoms with Gasteiger partial charge in [-0.15, -0.1) is 0 Å². The Morgan fingerprint density at radius 2 is 1.79 bits per heavy atom. The molecule has 0 spiro atoms. The molecule has 0 bridgehead atoms. The molecule has 0 aliphatic heterocycles. The highest BCUT2D eigenvalue weighted by molar-refractivity contribution is 5.74. The third-order valence-electron chi connectivity index (χ3n) is 3.70. The van der Waals surface area contributed by atoms with E-state index in [2.05, 4.69) is 0 Å². The lowest BCUT2D eigenvalue weighted by Gasteiger charge is -2.34. The van der Waals surface area contributed by atoms with Crippen molar-refractivity contribution < 1.29 is 24.5 Å². The van der Waals surface area contributed by atoms with E-state index in [0.29, 0.717) is 12.8 Å². The minimum atomic E-state index is -1.45. The normalized spacial score (nSPS) is 20.3. The second-order valence-corrected chi connectivity index (χ2v) is 6.24. The number of carboxylic acid groups (broad SMARTS) is 1. The predicted octanol–water partition coefficient (Wildman–Crippen LogP) is 1.47. The van der Waals surface area contributed by atoms with E-state index in [9.17, 15) is 14.7 Å². The molecule has 110 valence electrons. The number of nitrogens with zero attached hydrogens (tertiary/aromatic N) is 1. The van der Waals surface area contributed by atoms with Crippen LogP contribution in [0.3, 0.4) is 0 Å². The predicted molar refractivity (Wildman–Crippen MR) is 68.8 cm³/mol. The highest BCUT2D eigenvalue weighted by atomic mass is 16.6. The number of carbonyl (C=O) groups is 2. The number of rotatable bonds is 4. The molecule has 6 nitrogen and oxygen atoms in total. The molecule has 0 radical (unpaired) electrons. The smallest absolute Gasteiger partial charge is 0.410 e. The lowest BCUT2D eigenvalue weighted by molar-refractivity contribution is -0.152. The van der Waals surface area contributed by atoms with Gasteiger partial charge >= 0.3 is 12.1 Å². The van der Waals surface area contributed by atoms with Gasteiger partial charge in [0.05, 0.1) is 0 Å². The standard InChI is InChI=1S/C13H23NO5/c1-8(13(6-7-13)9(15)10(16)17)14(5)11(18)19-12(2,3)4/h8-9,15H,6-7H2,1-5H3,(H,16,17). The Morgan fingerprint density at radius 3 is 2.11 bits per heavy atom. The van der Waals surface area contributed by atoms with Crippen molar-refractivity contribution in [3.63, 3.8) is 0 Å². The maximum absolute atomic E-state index is 11.9. The molecule has 0 saturated heterocycles. The van der Waals surface area contributed by atoms with Crippen LogP contribution in [0.4, 0.5) is 4.79 Å². The molecule has 0 aromatic heterocycles. The maximum Gasteiger partial charge on any atom is 0.410 e. The summed E-state index contributed by atoms with van der Waals surface area (Å²) in [6.07, 6.45) is -0.778. The van der Waals surface area contributed by atoms with Crippen LogP contribution >= 0.6 is 0 Å². The molecule has 2 N–H and O–H groups in total. The van der Waals surface area contributed by atoms with Gasteiger partial charge in [0.15, 0.2) is 6.10 Å². The molecule has 1 saturated carbocycles. The van der Waals surface area contributed by atoms with Gasteiger partial charge in [0.1, 0.15) is 5.60 Å². The number of hydrogen-bond donors (Lipinski definition) is 2. The number of ether oxygens (including phenoxy) is 1. The first-order chi connectivity index (χ1) is 8.51. The lowest BCUT2D eigenvalue weighted by Crippen LogP contribution is -2.49. The third kappa shape index (κ3) is 3.37. The topological polar surface area (TPSA) is 87.1 Å². The number of amides is 1. The first-order valence-electron chi connectivity index (χ1n) is 6.38. The monoisotopic (exact) mass is 273 g/mol. The molecule has 1 amide bonds. The lowest BCUT2D eigenvalue weighted by atomic mass is 9.90. The molecule has 0 aromatic rings. The van der Waals surface area contributed by atoms with Gasteiger partial charge < -0.3 is 19.8 Å². The van der Waals surface area contributed by atoms with E-state index in [1.807, 2.05) is 0 Å². The summed E-state index contributed by atoms with van der Waals surface area (Å²) in [5, 5.41) is 18.7. The van der Waals surface area contributed by atoms with Gasteiger partial charge in [-0.05, 0) is 40.5 Å². The van der Waals surface area contributed by atoms with Crippen molar-refractivity contribution in [3.8, 4) is 0 Å². The number of carboxylic acids is 1. The van der Waals surface area contributed by atoms with Crippen LogP contribution in [0.15, 0.2) is 0 Å². The van der Waals surface area contributed by atoms with Gasteiger partial charge in [0.2, 0.25) is 0 Å². The summed E-state index contributed by atoms with van der Waals surface area (Å²) in [5.41, 5.74) is -1.36. The number of aliphatic hydroxyl groups is 1. The van der Waals surface area contributed by atoms with Gasteiger partial charge in [-0.2, -0.15) is 0 Å². The Labute approximate surface area is 113 Å². The van der Waals surface area contributed by atoms with E-state index in [-0.39, 0.29) is 0 Å². The fourth-order valence-corrected chi connectivity index (χ4v) is 2.19.